The molecule has 25 heavy (non-hydrogen) atoms. The molecule has 0 heterocycles. The lowest BCUT2D eigenvalue weighted by atomic mass is 10.1. The number of quaternary nitrogens is 1. The molecule has 0 aliphatic heterocycles. The maximum atomic E-state index is 12.5. The van der Waals surface area contributed by atoms with Crippen LogP contribution >= 0.6 is 0 Å². The molecule has 5 nitrogen and oxygen atoms in total. The zero-order valence-corrected chi connectivity index (χ0v) is 15.4. The average molecular weight is 343 g/mol. The third kappa shape index (κ3) is 5.22. The molecule has 0 spiro atoms. The number of amides is 1. The van der Waals surface area contributed by atoms with E-state index in [4.69, 9.17) is 9.47 Å². The summed E-state index contributed by atoms with van der Waals surface area (Å²) in [4.78, 5) is 13.8. The van der Waals surface area contributed by atoms with E-state index in [1.54, 1.807) is 25.3 Å². The van der Waals surface area contributed by atoms with E-state index in [1.165, 1.54) is 10.5 Å². The van der Waals surface area contributed by atoms with E-state index in [9.17, 15) is 4.79 Å². The molecule has 2 aromatic rings. The summed E-state index contributed by atoms with van der Waals surface area (Å²) >= 11 is 0. The molecule has 0 radical (unpaired) electrons. The Morgan fingerprint density at radius 3 is 2.44 bits per heavy atom. The summed E-state index contributed by atoms with van der Waals surface area (Å²) in [5.74, 6) is 1.07. The molecule has 5 heteroatoms. The number of hydrogen-bond acceptors (Lipinski definition) is 3. The third-order valence-electron chi connectivity index (χ3n) is 3.83. The molecule has 0 unspecified atom stereocenters. The minimum absolute atomic E-state index is 0.131. The largest absolute Gasteiger partial charge is 0.493 e. The molecular weight excluding hydrogens is 316 g/mol. The second kappa shape index (κ2) is 9.08. The molecule has 0 bridgehead atoms. The zero-order valence-electron chi connectivity index (χ0n) is 15.4. The van der Waals surface area contributed by atoms with Crippen LogP contribution in [0.4, 0.5) is 0 Å². The number of benzene rings is 2. The fraction of sp³-hybridized carbons (Fsp3) is 0.350. The molecule has 2 rings (SSSR count). The molecule has 2 aromatic carbocycles. The van der Waals surface area contributed by atoms with Gasteiger partial charge in [-0.1, -0.05) is 24.3 Å². The summed E-state index contributed by atoms with van der Waals surface area (Å²) in [6.07, 6.45) is 0. The average Bonchev–Trinajstić information content (AvgIpc) is 2.60. The molecular formula is C20H27N2O3+. The van der Waals surface area contributed by atoms with Gasteiger partial charge in [0.2, 0.25) is 0 Å². The van der Waals surface area contributed by atoms with Crippen molar-refractivity contribution in [2.45, 2.75) is 20.0 Å². The van der Waals surface area contributed by atoms with E-state index < -0.39 is 0 Å². The Morgan fingerprint density at radius 1 is 1.08 bits per heavy atom. The maximum absolute atomic E-state index is 12.5. The fourth-order valence-electron chi connectivity index (χ4n) is 2.64. The zero-order chi connectivity index (χ0) is 18.2. The van der Waals surface area contributed by atoms with Gasteiger partial charge in [0.25, 0.3) is 5.91 Å². The first-order valence-electron chi connectivity index (χ1n) is 8.50. The summed E-state index contributed by atoms with van der Waals surface area (Å²) in [6.45, 7) is 3.88. The van der Waals surface area contributed by atoms with Crippen LogP contribution in [0.3, 0.4) is 0 Å². The van der Waals surface area contributed by atoms with Crippen molar-refractivity contribution in [1.82, 2.24) is 5.32 Å². The number of nitrogens with one attached hydrogen (secondary N) is 2. The van der Waals surface area contributed by atoms with Gasteiger partial charge in [0.05, 0.1) is 27.8 Å². The summed E-state index contributed by atoms with van der Waals surface area (Å²) in [5.41, 5.74) is 2.93. The number of methoxy groups -OCH3 is 1. The Bertz CT molecular complexity index is 714. The van der Waals surface area contributed by atoms with Crippen molar-refractivity contribution in [2.75, 3.05) is 27.8 Å². The summed E-state index contributed by atoms with van der Waals surface area (Å²) in [6, 6.07) is 13.4. The van der Waals surface area contributed by atoms with Crippen molar-refractivity contribution in [2.24, 2.45) is 0 Å². The highest BCUT2D eigenvalue weighted by Crippen LogP contribution is 2.28. The Kier molecular flexibility index (Phi) is 6.83. The van der Waals surface area contributed by atoms with Crippen molar-refractivity contribution in [3.63, 3.8) is 0 Å². The summed E-state index contributed by atoms with van der Waals surface area (Å²) < 4.78 is 10.8. The van der Waals surface area contributed by atoms with Crippen LogP contribution in [0.15, 0.2) is 42.5 Å². The lowest BCUT2D eigenvalue weighted by Gasteiger charge is -2.14. The number of carbonyl (C=O) groups excluding carboxylic acids is 1. The summed E-state index contributed by atoms with van der Waals surface area (Å²) in [7, 11) is 5.79. The van der Waals surface area contributed by atoms with E-state index >= 15 is 0 Å². The van der Waals surface area contributed by atoms with E-state index in [-0.39, 0.29) is 5.91 Å². The van der Waals surface area contributed by atoms with E-state index in [0.29, 0.717) is 30.2 Å². The van der Waals surface area contributed by atoms with Gasteiger partial charge < -0.3 is 19.7 Å². The molecule has 0 saturated heterocycles. The van der Waals surface area contributed by atoms with Crippen LogP contribution in [0, 0.1) is 0 Å². The topological polar surface area (TPSA) is 52.0 Å². The molecule has 0 aliphatic rings. The van der Waals surface area contributed by atoms with Gasteiger partial charge in [-0.2, -0.15) is 0 Å². The molecule has 0 aliphatic carbocycles. The van der Waals surface area contributed by atoms with Crippen LogP contribution in [-0.4, -0.2) is 33.7 Å². The van der Waals surface area contributed by atoms with E-state index in [0.717, 1.165) is 12.1 Å². The molecule has 2 N–H and O–H groups in total. The second-order valence-electron chi connectivity index (χ2n) is 6.13. The number of carbonyl (C=O) groups is 1. The Labute approximate surface area is 149 Å². The highest BCUT2D eigenvalue weighted by molar-refractivity contribution is 5.94. The van der Waals surface area contributed by atoms with Gasteiger partial charge in [0.15, 0.2) is 11.5 Å². The van der Waals surface area contributed by atoms with Crippen LogP contribution in [0.5, 0.6) is 11.5 Å². The Hall–Kier alpha value is -2.53. The lowest BCUT2D eigenvalue weighted by molar-refractivity contribution is -0.872. The number of rotatable bonds is 8. The quantitative estimate of drug-likeness (QED) is 0.767. The fourth-order valence-corrected chi connectivity index (χ4v) is 2.64. The third-order valence-corrected chi connectivity index (χ3v) is 3.83. The van der Waals surface area contributed by atoms with E-state index in [2.05, 4.69) is 31.5 Å². The molecule has 1 amide bonds. The maximum Gasteiger partial charge on any atom is 0.251 e. The van der Waals surface area contributed by atoms with Gasteiger partial charge in [-0.25, -0.2) is 0 Å². The number of hydrogen-bond donors (Lipinski definition) is 2. The lowest BCUT2D eigenvalue weighted by Crippen LogP contribution is -3.04. The van der Waals surface area contributed by atoms with Gasteiger partial charge in [-0.05, 0) is 30.7 Å². The first kappa shape index (κ1) is 18.8. The molecule has 0 aromatic heterocycles. The molecule has 0 saturated carbocycles. The minimum Gasteiger partial charge on any atom is -0.493 e. The van der Waals surface area contributed by atoms with Crippen molar-refractivity contribution >= 4 is 5.91 Å². The highest BCUT2D eigenvalue weighted by Gasteiger charge is 2.12. The standard InChI is InChI=1S/C20H26N2O3/c1-5-25-18-11-10-15(12-19(18)24-4)20(23)21-13-16-8-6-7-9-17(16)14-22(2)3/h6-12H,5,13-14H2,1-4H3,(H,21,23)/p+1. The minimum atomic E-state index is -0.131. The highest BCUT2D eigenvalue weighted by atomic mass is 16.5. The van der Waals surface area contributed by atoms with Crippen molar-refractivity contribution in [1.29, 1.82) is 0 Å². The van der Waals surface area contributed by atoms with Gasteiger partial charge >= 0.3 is 0 Å². The molecule has 134 valence electrons. The first-order chi connectivity index (χ1) is 12.0. The van der Waals surface area contributed by atoms with Crippen molar-refractivity contribution in [3.05, 3.63) is 59.2 Å². The van der Waals surface area contributed by atoms with Gasteiger partial charge in [-0.3, -0.25) is 4.79 Å². The first-order valence-corrected chi connectivity index (χ1v) is 8.50. The SMILES string of the molecule is CCOc1ccc(C(=O)NCc2ccccc2C[NH+](C)C)cc1OC. The predicted molar refractivity (Wildman–Crippen MR) is 98.3 cm³/mol. The van der Waals surface area contributed by atoms with Crippen LogP contribution in [0.1, 0.15) is 28.4 Å². The summed E-state index contributed by atoms with van der Waals surface area (Å²) in [5, 5.41) is 2.99. The number of ether oxygens (including phenoxy) is 2. The molecule has 0 fully saturated rings. The van der Waals surface area contributed by atoms with Crippen LogP contribution in [0.25, 0.3) is 0 Å². The normalized spacial score (nSPS) is 10.6. The van der Waals surface area contributed by atoms with Crippen LogP contribution in [0.2, 0.25) is 0 Å². The van der Waals surface area contributed by atoms with Crippen molar-refractivity contribution in [3.8, 4) is 11.5 Å². The monoisotopic (exact) mass is 343 g/mol. The molecule has 0 atom stereocenters. The van der Waals surface area contributed by atoms with Crippen LogP contribution < -0.4 is 19.7 Å². The van der Waals surface area contributed by atoms with Crippen LogP contribution in [-0.2, 0) is 13.1 Å². The van der Waals surface area contributed by atoms with Crippen molar-refractivity contribution < 1.29 is 19.2 Å². The smallest absolute Gasteiger partial charge is 0.251 e. The second-order valence-corrected chi connectivity index (χ2v) is 6.13. The van der Waals surface area contributed by atoms with Gasteiger partial charge in [-0.15, -0.1) is 0 Å². The Balaban J connectivity index is 2.08. The Morgan fingerprint density at radius 2 is 1.80 bits per heavy atom. The van der Waals surface area contributed by atoms with E-state index in [1.807, 2.05) is 19.1 Å². The predicted octanol–water partition coefficient (Wildman–Crippen LogP) is 1.67. The van der Waals surface area contributed by atoms with Gasteiger partial charge in [0, 0.05) is 17.7 Å². The van der Waals surface area contributed by atoms with Gasteiger partial charge in [0.1, 0.15) is 6.54 Å².